The molecule has 3 rings (SSSR count). The van der Waals surface area contributed by atoms with Crippen molar-refractivity contribution in [1.82, 2.24) is 4.98 Å². The number of benzene rings is 1. The van der Waals surface area contributed by atoms with Gasteiger partial charge in [-0.15, -0.1) is 23.1 Å². The minimum atomic E-state index is -4.43. The zero-order chi connectivity index (χ0) is 20.3. The van der Waals surface area contributed by atoms with Crippen molar-refractivity contribution < 1.29 is 13.2 Å². The van der Waals surface area contributed by atoms with Gasteiger partial charge >= 0.3 is 6.18 Å². The molecule has 28 heavy (non-hydrogen) atoms. The molecule has 0 bridgehead atoms. The van der Waals surface area contributed by atoms with Crippen molar-refractivity contribution in [3.63, 3.8) is 0 Å². The number of nitrogens with zero attached hydrogens (tertiary/aromatic N) is 3. The lowest BCUT2D eigenvalue weighted by Gasteiger charge is -2.12. The van der Waals surface area contributed by atoms with Crippen LogP contribution in [0.25, 0.3) is 10.4 Å². The third kappa shape index (κ3) is 3.96. The molecule has 0 saturated heterocycles. The summed E-state index contributed by atoms with van der Waals surface area (Å²) in [5.74, 6) is 0.150. The number of nitriles is 2. The maximum Gasteiger partial charge on any atom is 0.416 e. The summed E-state index contributed by atoms with van der Waals surface area (Å²) in [6, 6.07) is 12.6. The van der Waals surface area contributed by atoms with E-state index in [9.17, 15) is 23.7 Å². The molecule has 0 aliphatic heterocycles. The minimum Gasteiger partial charge on any atom is -0.383 e. The second-order valence-electron chi connectivity index (χ2n) is 5.61. The summed E-state index contributed by atoms with van der Waals surface area (Å²) >= 11 is 2.45. The molecule has 3 aromatic rings. The summed E-state index contributed by atoms with van der Waals surface area (Å²) < 4.78 is 38.7. The van der Waals surface area contributed by atoms with Crippen LogP contribution in [-0.2, 0) is 11.9 Å². The molecule has 0 aliphatic carbocycles. The minimum absolute atomic E-state index is 0.0172. The Hall–Kier alpha value is -3.01. The molecule has 0 saturated carbocycles. The third-order valence-corrected chi connectivity index (χ3v) is 5.75. The average molecular weight is 416 g/mol. The number of hydrogen-bond acceptors (Lipinski definition) is 6. The zero-order valence-corrected chi connectivity index (χ0v) is 15.8. The number of thioether (sulfide) groups is 1. The molecule has 0 spiro atoms. The molecule has 4 nitrogen and oxygen atoms in total. The molecule has 2 N–H and O–H groups in total. The van der Waals surface area contributed by atoms with Crippen LogP contribution in [0.4, 0.5) is 19.0 Å². The van der Waals surface area contributed by atoms with Gasteiger partial charge in [-0.05, 0) is 23.1 Å². The Morgan fingerprint density at radius 2 is 1.86 bits per heavy atom. The summed E-state index contributed by atoms with van der Waals surface area (Å²) in [4.78, 5) is 4.85. The quantitative estimate of drug-likeness (QED) is 0.572. The fraction of sp³-hybridized carbons (Fsp3) is 0.105. The molecule has 1 aromatic carbocycles. The number of aromatic nitrogens is 1. The lowest BCUT2D eigenvalue weighted by atomic mass is 10.0. The van der Waals surface area contributed by atoms with Crippen molar-refractivity contribution in [3.05, 3.63) is 64.0 Å². The molecular formula is C19H11F3N4S2. The van der Waals surface area contributed by atoms with E-state index in [0.29, 0.717) is 16.0 Å². The van der Waals surface area contributed by atoms with Gasteiger partial charge in [0.1, 0.15) is 28.5 Å². The number of hydrogen-bond donors (Lipinski definition) is 1. The van der Waals surface area contributed by atoms with Crippen LogP contribution >= 0.6 is 23.1 Å². The highest BCUT2D eigenvalue weighted by molar-refractivity contribution is 7.98. The molecule has 0 aliphatic rings. The van der Waals surface area contributed by atoms with Gasteiger partial charge in [0, 0.05) is 16.2 Å². The van der Waals surface area contributed by atoms with Crippen molar-refractivity contribution in [2.45, 2.75) is 17.0 Å². The van der Waals surface area contributed by atoms with Crippen molar-refractivity contribution >= 4 is 28.9 Å². The highest BCUT2D eigenvalue weighted by Gasteiger charge is 2.30. The predicted molar refractivity (Wildman–Crippen MR) is 102 cm³/mol. The van der Waals surface area contributed by atoms with Gasteiger partial charge in [0.25, 0.3) is 0 Å². The summed E-state index contributed by atoms with van der Waals surface area (Å²) in [6.45, 7) is 0. The molecule has 0 unspecified atom stereocenters. The van der Waals surface area contributed by atoms with Gasteiger partial charge in [-0.2, -0.15) is 23.7 Å². The fourth-order valence-electron chi connectivity index (χ4n) is 2.56. The Balaban J connectivity index is 2.00. The van der Waals surface area contributed by atoms with Gasteiger partial charge in [0.15, 0.2) is 0 Å². The standard InChI is InChI=1S/C19H11F3N4S2/c20-19(21,22)12-4-1-3-11(7-12)10-28-18-14(9-24)16(15-5-2-6-27-15)13(8-23)17(25)26-18/h1-7H,10H2,(H2,25,26). The summed E-state index contributed by atoms with van der Waals surface area (Å²) in [5, 5.41) is 21.2. The number of rotatable bonds is 4. The molecule has 0 fully saturated rings. The second kappa shape index (κ2) is 7.93. The number of pyridine rings is 1. The summed E-state index contributed by atoms with van der Waals surface area (Å²) in [7, 11) is 0. The normalized spacial score (nSPS) is 11.0. The summed E-state index contributed by atoms with van der Waals surface area (Å²) in [6.07, 6.45) is -4.43. The Morgan fingerprint density at radius 1 is 1.11 bits per heavy atom. The van der Waals surface area contributed by atoms with Crippen LogP contribution in [0.1, 0.15) is 22.3 Å². The van der Waals surface area contributed by atoms with Crippen molar-refractivity contribution in [2.24, 2.45) is 0 Å². The van der Waals surface area contributed by atoms with E-state index >= 15 is 0 Å². The first-order valence-corrected chi connectivity index (χ1v) is 9.68. The van der Waals surface area contributed by atoms with Gasteiger partial charge in [-0.1, -0.05) is 24.3 Å². The van der Waals surface area contributed by atoms with Crippen molar-refractivity contribution in [1.29, 1.82) is 10.5 Å². The van der Waals surface area contributed by atoms with Gasteiger partial charge in [-0.25, -0.2) is 4.98 Å². The van der Waals surface area contributed by atoms with Crippen LogP contribution in [0, 0.1) is 22.7 Å². The SMILES string of the molecule is N#Cc1c(N)nc(SCc2cccc(C(F)(F)F)c2)c(C#N)c1-c1cccs1. The molecule has 0 radical (unpaired) electrons. The van der Waals surface area contributed by atoms with Gasteiger partial charge < -0.3 is 5.73 Å². The lowest BCUT2D eigenvalue weighted by Crippen LogP contribution is -2.05. The number of anilines is 1. The molecule has 140 valence electrons. The Kier molecular flexibility index (Phi) is 5.59. The average Bonchev–Trinajstić information content (AvgIpc) is 3.19. The van der Waals surface area contributed by atoms with E-state index in [1.54, 1.807) is 18.2 Å². The predicted octanol–water partition coefficient (Wildman–Crippen LogP) is 5.45. The van der Waals surface area contributed by atoms with Crippen LogP contribution in [-0.4, -0.2) is 4.98 Å². The molecule has 0 atom stereocenters. The lowest BCUT2D eigenvalue weighted by molar-refractivity contribution is -0.137. The number of nitrogens with two attached hydrogens (primary N) is 1. The Bertz CT molecular complexity index is 1090. The molecular weight excluding hydrogens is 405 g/mol. The number of alkyl halides is 3. The van der Waals surface area contributed by atoms with Crippen LogP contribution < -0.4 is 5.73 Å². The van der Waals surface area contributed by atoms with E-state index in [1.165, 1.54) is 17.4 Å². The van der Waals surface area contributed by atoms with E-state index in [4.69, 9.17) is 5.73 Å². The third-order valence-electron chi connectivity index (χ3n) is 3.81. The van der Waals surface area contributed by atoms with Crippen LogP contribution in [0.3, 0.4) is 0 Å². The Morgan fingerprint density at radius 3 is 2.46 bits per heavy atom. The monoisotopic (exact) mass is 416 g/mol. The summed E-state index contributed by atoms with van der Waals surface area (Å²) in [5.41, 5.74) is 6.31. The first kappa shape index (κ1) is 19.7. The van der Waals surface area contributed by atoms with E-state index in [1.807, 2.05) is 11.4 Å². The van der Waals surface area contributed by atoms with Gasteiger partial charge in [0.2, 0.25) is 0 Å². The van der Waals surface area contributed by atoms with E-state index < -0.39 is 11.7 Å². The fourth-order valence-corrected chi connectivity index (χ4v) is 4.28. The number of halogens is 3. The zero-order valence-electron chi connectivity index (χ0n) is 14.1. The highest BCUT2D eigenvalue weighted by atomic mass is 32.2. The molecule has 0 amide bonds. The Labute approximate surface area is 167 Å². The number of nitrogen functional groups attached to an aromatic ring is 1. The number of thiophene rings is 1. The second-order valence-corrected chi connectivity index (χ2v) is 7.53. The first-order valence-electron chi connectivity index (χ1n) is 7.81. The molecule has 2 aromatic heterocycles. The van der Waals surface area contributed by atoms with Gasteiger partial charge in [0.05, 0.1) is 11.1 Å². The van der Waals surface area contributed by atoms with Crippen LogP contribution in [0.15, 0.2) is 46.8 Å². The van der Waals surface area contributed by atoms with Crippen LogP contribution in [0.5, 0.6) is 0 Å². The largest absolute Gasteiger partial charge is 0.416 e. The van der Waals surface area contributed by atoms with E-state index in [-0.39, 0.29) is 27.7 Å². The smallest absolute Gasteiger partial charge is 0.383 e. The van der Waals surface area contributed by atoms with E-state index in [2.05, 4.69) is 11.1 Å². The van der Waals surface area contributed by atoms with Crippen molar-refractivity contribution in [2.75, 3.05) is 5.73 Å². The molecule has 2 heterocycles. The van der Waals surface area contributed by atoms with Crippen molar-refractivity contribution in [3.8, 4) is 22.6 Å². The first-order chi connectivity index (χ1) is 13.3. The maximum atomic E-state index is 12.9. The highest BCUT2D eigenvalue weighted by Crippen LogP contribution is 2.38. The maximum absolute atomic E-state index is 12.9. The molecule has 9 heteroatoms. The van der Waals surface area contributed by atoms with Crippen LogP contribution in [0.2, 0.25) is 0 Å². The topological polar surface area (TPSA) is 86.5 Å². The van der Waals surface area contributed by atoms with E-state index in [0.717, 1.165) is 23.9 Å². The van der Waals surface area contributed by atoms with Gasteiger partial charge in [-0.3, -0.25) is 0 Å².